The molecule has 1 amide bonds. The predicted octanol–water partition coefficient (Wildman–Crippen LogP) is 6.15. The standard InChI is InChI=1S/C31H33N5O/c1-21-12-28(33-35(21)19-22-8-4-2-5-9-22)32-30(37)27-20-36(26-10-6-3-7-11-26)34-29(27)31-16-23-13-24(17-31)15-25(14-23)18-31/h2-12,20,23-25H,13-19H2,1H3,(H,32,33,37). The number of hydrogen-bond acceptors (Lipinski definition) is 3. The highest BCUT2D eigenvalue weighted by Crippen LogP contribution is 2.60. The van der Waals surface area contributed by atoms with Crippen molar-refractivity contribution in [1.29, 1.82) is 0 Å². The minimum atomic E-state index is -0.114. The lowest BCUT2D eigenvalue weighted by Gasteiger charge is -2.56. The van der Waals surface area contributed by atoms with Gasteiger partial charge in [-0.05, 0) is 80.9 Å². The van der Waals surface area contributed by atoms with E-state index in [1.807, 2.05) is 77.1 Å². The van der Waals surface area contributed by atoms with Crippen molar-refractivity contribution in [2.24, 2.45) is 17.8 Å². The molecular weight excluding hydrogens is 458 g/mol. The van der Waals surface area contributed by atoms with Crippen LogP contribution < -0.4 is 5.32 Å². The van der Waals surface area contributed by atoms with Crippen molar-refractivity contribution < 1.29 is 4.79 Å². The molecule has 8 rings (SSSR count). The van der Waals surface area contributed by atoms with Gasteiger partial charge in [0.05, 0.1) is 23.5 Å². The van der Waals surface area contributed by atoms with E-state index in [1.165, 1.54) is 24.8 Å². The molecule has 188 valence electrons. The number of hydrogen-bond donors (Lipinski definition) is 1. The first-order chi connectivity index (χ1) is 18.0. The summed E-state index contributed by atoms with van der Waals surface area (Å²) in [4.78, 5) is 13.8. The number of amides is 1. The topological polar surface area (TPSA) is 64.7 Å². The van der Waals surface area contributed by atoms with Crippen molar-refractivity contribution in [2.75, 3.05) is 5.32 Å². The Kier molecular flexibility index (Phi) is 5.31. The zero-order valence-electron chi connectivity index (χ0n) is 21.3. The van der Waals surface area contributed by atoms with Gasteiger partial charge in [-0.2, -0.15) is 10.2 Å². The smallest absolute Gasteiger partial charge is 0.260 e. The zero-order valence-corrected chi connectivity index (χ0v) is 21.3. The monoisotopic (exact) mass is 491 g/mol. The highest BCUT2D eigenvalue weighted by atomic mass is 16.1. The van der Waals surface area contributed by atoms with E-state index in [-0.39, 0.29) is 11.3 Å². The number of para-hydroxylation sites is 1. The molecule has 0 spiro atoms. The molecule has 0 saturated heterocycles. The van der Waals surface area contributed by atoms with Crippen LogP contribution in [0.25, 0.3) is 5.69 Å². The number of anilines is 1. The van der Waals surface area contributed by atoms with Crippen molar-refractivity contribution in [1.82, 2.24) is 19.6 Å². The quantitative estimate of drug-likeness (QED) is 0.352. The average Bonchev–Trinajstić information content (AvgIpc) is 3.49. The second-order valence-electron chi connectivity index (χ2n) is 11.6. The van der Waals surface area contributed by atoms with Crippen molar-refractivity contribution >= 4 is 11.7 Å². The van der Waals surface area contributed by atoms with E-state index < -0.39 is 0 Å². The molecule has 4 aromatic rings. The van der Waals surface area contributed by atoms with Crippen LogP contribution in [0.4, 0.5) is 5.82 Å². The van der Waals surface area contributed by atoms with Gasteiger partial charge in [0, 0.05) is 23.4 Å². The number of aryl methyl sites for hydroxylation is 1. The molecule has 37 heavy (non-hydrogen) atoms. The van der Waals surface area contributed by atoms with Crippen LogP contribution in [0.5, 0.6) is 0 Å². The van der Waals surface area contributed by atoms with Crippen molar-refractivity contribution in [3.8, 4) is 5.69 Å². The fraction of sp³-hybridized carbons (Fsp3) is 0.387. The molecule has 6 heteroatoms. The van der Waals surface area contributed by atoms with Crippen LogP contribution in [-0.2, 0) is 12.0 Å². The van der Waals surface area contributed by atoms with Gasteiger partial charge >= 0.3 is 0 Å². The third-order valence-corrected chi connectivity index (χ3v) is 8.92. The van der Waals surface area contributed by atoms with E-state index in [0.717, 1.165) is 54.1 Å². The third-order valence-electron chi connectivity index (χ3n) is 8.92. The highest BCUT2D eigenvalue weighted by molar-refractivity contribution is 6.04. The summed E-state index contributed by atoms with van der Waals surface area (Å²) in [5.74, 6) is 2.81. The second-order valence-corrected chi connectivity index (χ2v) is 11.6. The predicted molar refractivity (Wildman–Crippen MR) is 144 cm³/mol. The average molecular weight is 492 g/mol. The third kappa shape index (κ3) is 4.08. The number of benzene rings is 2. The Hall–Kier alpha value is -3.67. The SMILES string of the molecule is Cc1cc(NC(=O)c2cn(-c3ccccc3)nc2C23CC4CC(CC(C4)C2)C3)nn1Cc1ccccc1. The van der Waals surface area contributed by atoms with E-state index in [4.69, 9.17) is 10.2 Å². The Labute approximate surface area is 217 Å². The Bertz CT molecular complexity index is 1400. The van der Waals surface area contributed by atoms with Gasteiger partial charge in [0.2, 0.25) is 0 Å². The van der Waals surface area contributed by atoms with Gasteiger partial charge < -0.3 is 5.32 Å². The number of aromatic nitrogens is 4. The molecule has 2 aromatic carbocycles. The minimum absolute atomic E-state index is 0.0179. The Morgan fingerprint density at radius 1 is 0.919 bits per heavy atom. The molecule has 0 radical (unpaired) electrons. The van der Waals surface area contributed by atoms with Crippen LogP contribution >= 0.6 is 0 Å². The Morgan fingerprint density at radius 2 is 1.54 bits per heavy atom. The number of carbonyl (C=O) groups excluding carboxylic acids is 1. The number of rotatable bonds is 6. The minimum Gasteiger partial charge on any atom is -0.305 e. The molecule has 6 nitrogen and oxygen atoms in total. The van der Waals surface area contributed by atoms with Crippen LogP contribution in [0, 0.1) is 24.7 Å². The molecule has 4 aliphatic carbocycles. The second kappa shape index (κ2) is 8.72. The van der Waals surface area contributed by atoms with Gasteiger partial charge in [-0.1, -0.05) is 48.5 Å². The summed E-state index contributed by atoms with van der Waals surface area (Å²) in [6, 6.07) is 22.4. The molecule has 0 unspecified atom stereocenters. The lowest BCUT2D eigenvalue weighted by molar-refractivity contribution is -0.00765. The fourth-order valence-corrected chi connectivity index (χ4v) is 7.72. The van der Waals surface area contributed by atoms with E-state index in [0.29, 0.717) is 17.9 Å². The van der Waals surface area contributed by atoms with E-state index in [9.17, 15) is 4.79 Å². The van der Waals surface area contributed by atoms with Crippen molar-refractivity contribution in [3.63, 3.8) is 0 Å². The van der Waals surface area contributed by atoms with E-state index in [1.54, 1.807) is 0 Å². The molecule has 0 aliphatic heterocycles. The normalized spacial score (nSPS) is 25.9. The number of nitrogens with zero attached hydrogens (tertiary/aromatic N) is 4. The molecule has 2 aromatic heterocycles. The van der Waals surface area contributed by atoms with Crippen molar-refractivity contribution in [2.45, 2.75) is 57.4 Å². The molecule has 0 atom stereocenters. The summed E-state index contributed by atoms with van der Waals surface area (Å²) in [7, 11) is 0. The summed E-state index contributed by atoms with van der Waals surface area (Å²) in [6.45, 7) is 2.70. The molecule has 2 heterocycles. The number of nitrogens with one attached hydrogen (secondary N) is 1. The summed E-state index contributed by atoms with van der Waals surface area (Å²) in [5.41, 5.74) is 4.88. The molecular formula is C31H33N5O. The summed E-state index contributed by atoms with van der Waals surface area (Å²) in [6.07, 6.45) is 9.50. The first kappa shape index (κ1) is 22.5. The summed E-state index contributed by atoms with van der Waals surface area (Å²) < 4.78 is 3.85. The molecule has 4 aliphatic rings. The summed E-state index contributed by atoms with van der Waals surface area (Å²) >= 11 is 0. The highest BCUT2D eigenvalue weighted by Gasteiger charge is 2.54. The Morgan fingerprint density at radius 3 is 2.19 bits per heavy atom. The van der Waals surface area contributed by atoms with Crippen LogP contribution in [-0.4, -0.2) is 25.5 Å². The largest absolute Gasteiger partial charge is 0.305 e. The fourth-order valence-electron chi connectivity index (χ4n) is 7.72. The van der Waals surface area contributed by atoms with Crippen LogP contribution in [0.15, 0.2) is 72.9 Å². The van der Waals surface area contributed by atoms with Crippen LogP contribution in [0.1, 0.15) is 65.8 Å². The maximum atomic E-state index is 13.8. The first-order valence-corrected chi connectivity index (χ1v) is 13.6. The van der Waals surface area contributed by atoms with Gasteiger partial charge in [0.1, 0.15) is 0 Å². The van der Waals surface area contributed by atoms with Gasteiger partial charge in [0.15, 0.2) is 5.82 Å². The maximum Gasteiger partial charge on any atom is 0.260 e. The lowest BCUT2D eigenvalue weighted by Crippen LogP contribution is -2.49. The Balaban J connectivity index is 1.22. The van der Waals surface area contributed by atoms with Crippen molar-refractivity contribution in [3.05, 3.63) is 95.4 Å². The van der Waals surface area contributed by atoms with Crippen LogP contribution in [0.2, 0.25) is 0 Å². The molecule has 4 bridgehead atoms. The van der Waals surface area contributed by atoms with E-state index in [2.05, 4.69) is 17.4 Å². The molecule has 4 saturated carbocycles. The van der Waals surface area contributed by atoms with E-state index >= 15 is 0 Å². The summed E-state index contributed by atoms with van der Waals surface area (Å²) in [5, 5.41) is 13.0. The van der Waals surface area contributed by atoms with Gasteiger partial charge in [0.25, 0.3) is 5.91 Å². The molecule has 4 fully saturated rings. The van der Waals surface area contributed by atoms with Gasteiger partial charge in [-0.15, -0.1) is 0 Å². The van der Waals surface area contributed by atoms with Gasteiger partial charge in [-0.25, -0.2) is 4.68 Å². The lowest BCUT2D eigenvalue weighted by atomic mass is 9.48. The zero-order chi connectivity index (χ0) is 25.0. The maximum absolute atomic E-state index is 13.8. The molecule has 1 N–H and O–H groups in total. The van der Waals surface area contributed by atoms with Gasteiger partial charge in [-0.3, -0.25) is 9.48 Å². The first-order valence-electron chi connectivity index (χ1n) is 13.6. The van der Waals surface area contributed by atoms with Crippen LogP contribution in [0.3, 0.4) is 0 Å². The number of carbonyl (C=O) groups is 1.